The van der Waals surface area contributed by atoms with Crippen molar-refractivity contribution in [3.8, 4) is 11.4 Å². The number of para-hydroxylation sites is 2. The summed E-state index contributed by atoms with van der Waals surface area (Å²) in [5, 5.41) is 9.22. The highest BCUT2D eigenvalue weighted by Crippen LogP contribution is 2.30. The van der Waals surface area contributed by atoms with Crippen molar-refractivity contribution in [3.63, 3.8) is 0 Å². The fourth-order valence-electron chi connectivity index (χ4n) is 3.35. The summed E-state index contributed by atoms with van der Waals surface area (Å²) in [6, 6.07) is 15.2. The van der Waals surface area contributed by atoms with E-state index >= 15 is 0 Å². The van der Waals surface area contributed by atoms with E-state index in [1.54, 1.807) is 24.3 Å². The molecule has 0 radical (unpaired) electrons. The van der Waals surface area contributed by atoms with E-state index in [2.05, 4.69) is 48.1 Å². The van der Waals surface area contributed by atoms with Crippen LogP contribution in [-0.4, -0.2) is 24.3 Å². The minimum Gasteiger partial charge on any atom is -0.305 e. The number of hydrogen-bond donors (Lipinski definition) is 0. The number of imidazole rings is 1. The first-order valence-electron chi connectivity index (χ1n) is 9.63. The molecule has 0 atom stereocenters. The van der Waals surface area contributed by atoms with E-state index in [1.807, 2.05) is 23.7 Å². The van der Waals surface area contributed by atoms with Gasteiger partial charge in [0.15, 0.2) is 11.0 Å². The molecule has 0 spiro atoms. The van der Waals surface area contributed by atoms with Crippen molar-refractivity contribution in [1.82, 2.24) is 24.3 Å². The second-order valence-corrected chi connectivity index (χ2v) is 9.09. The maximum absolute atomic E-state index is 13.6. The third kappa shape index (κ3) is 3.84. The van der Waals surface area contributed by atoms with Crippen molar-refractivity contribution in [2.45, 2.75) is 43.6 Å². The van der Waals surface area contributed by atoms with E-state index in [9.17, 15) is 8.78 Å². The van der Waals surface area contributed by atoms with Crippen molar-refractivity contribution in [3.05, 3.63) is 59.9 Å². The maximum atomic E-state index is 13.6. The van der Waals surface area contributed by atoms with Crippen molar-refractivity contribution in [2.75, 3.05) is 0 Å². The molecule has 2 heterocycles. The van der Waals surface area contributed by atoms with Gasteiger partial charge in [0, 0.05) is 12.6 Å². The first-order chi connectivity index (χ1) is 14.3. The molecule has 2 aromatic carbocycles. The third-order valence-electron chi connectivity index (χ3n) is 5.04. The standard InChI is InChI=1S/C22H23F2N5S/c1-22(2,3)15-11-9-14(10-12-15)19-26-27-21(28(19)4)30-13-18-25-16-7-5-6-8-17(16)29(18)20(23)24/h5-12,20H,13H2,1-4H3. The highest BCUT2D eigenvalue weighted by Gasteiger charge is 2.19. The summed E-state index contributed by atoms with van der Waals surface area (Å²) in [6.07, 6.45) is 0. The maximum Gasteiger partial charge on any atom is 0.320 e. The van der Waals surface area contributed by atoms with Crippen LogP contribution in [0.1, 0.15) is 38.7 Å². The van der Waals surface area contributed by atoms with E-state index < -0.39 is 6.55 Å². The Morgan fingerprint density at radius 2 is 1.70 bits per heavy atom. The van der Waals surface area contributed by atoms with Crippen LogP contribution < -0.4 is 0 Å². The van der Waals surface area contributed by atoms with Gasteiger partial charge in [-0.05, 0) is 23.1 Å². The van der Waals surface area contributed by atoms with E-state index in [1.165, 1.54) is 17.3 Å². The van der Waals surface area contributed by atoms with Crippen LogP contribution in [0.5, 0.6) is 0 Å². The van der Waals surface area contributed by atoms with Gasteiger partial charge in [0.25, 0.3) is 0 Å². The van der Waals surface area contributed by atoms with Gasteiger partial charge in [0.1, 0.15) is 5.82 Å². The lowest BCUT2D eigenvalue weighted by Gasteiger charge is -2.19. The van der Waals surface area contributed by atoms with E-state index in [-0.39, 0.29) is 11.2 Å². The molecule has 0 amide bonds. The van der Waals surface area contributed by atoms with Crippen LogP contribution in [-0.2, 0) is 18.2 Å². The lowest BCUT2D eigenvalue weighted by atomic mass is 9.87. The van der Waals surface area contributed by atoms with Gasteiger partial charge in [-0.2, -0.15) is 8.78 Å². The predicted octanol–water partition coefficient (Wildman–Crippen LogP) is 5.82. The Hall–Kier alpha value is -2.74. The molecule has 4 aromatic rings. The van der Waals surface area contributed by atoms with Crippen LogP contribution in [0, 0.1) is 0 Å². The number of benzene rings is 2. The SMILES string of the molecule is Cn1c(SCc2nc3ccccc3n2C(F)F)nnc1-c1ccc(C(C)(C)C)cc1. The van der Waals surface area contributed by atoms with Gasteiger partial charge in [0.2, 0.25) is 0 Å². The first-order valence-corrected chi connectivity index (χ1v) is 10.6. The van der Waals surface area contributed by atoms with E-state index in [0.717, 1.165) is 16.0 Å². The zero-order valence-electron chi connectivity index (χ0n) is 17.3. The van der Waals surface area contributed by atoms with Crippen LogP contribution in [0.25, 0.3) is 22.4 Å². The van der Waals surface area contributed by atoms with Crippen LogP contribution in [0.3, 0.4) is 0 Å². The van der Waals surface area contributed by atoms with Gasteiger partial charge in [-0.15, -0.1) is 10.2 Å². The summed E-state index contributed by atoms with van der Waals surface area (Å²) in [4.78, 5) is 4.38. The molecule has 0 aliphatic carbocycles. The average Bonchev–Trinajstić information content (AvgIpc) is 3.26. The van der Waals surface area contributed by atoms with E-state index in [4.69, 9.17) is 0 Å². The van der Waals surface area contributed by atoms with Crippen molar-refractivity contribution < 1.29 is 8.78 Å². The van der Waals surface area contributed by atoms with Crippen molar-refractivity contribution in [2.24, 2.45) is 7.05 Å². The van der Waals surface area contributed by atoms with Gasteiger partial charge in [-0.3, -0.25) is 4.57 Å². The summed E-state index contributed by atoms with van der Waals surface area (Å²) in [5.41, 5.74) is 3.28. The Morgan fingerprint density at radius 1 is 1.00 bits per heavy atom. The number of nitrogens with zero attached hydrogens (tertiary/aromatic N) is 5. The lowest BCUT2D eigenvalue weighted by Crippen LogP contribution is -2.10. The molecule has 0 aliphatic heterocycles. The summed E-state index contributed by atoms with van der Waals surface area (Å²) >= 11 is 1.34. The summed E-state index contributed by atoms with van der Waals surface area (Å²) < 4.78 is 30.1. The number of hydrogen-bond acceptors (Lipinski definition) is 4. The Balaban J connectivity index is 1.57. The molecule has 2 aromatic heterocycles. The highest BCUT2D eigenvalue weighted by atomic mass is 32.2. The number of alkyl halides is 2. The molecule has 4 rings (SSSR count). The summed E-state index contributed by atoms with van der Waals surface area (Å²) in [7, 11) is 1.88. The Labute approximate surface area is 178 Å². The number of halogens is 2. The minimum absolute atomic E-state index is 0.0790. The molecule has 0 fully saturated rings. The topological polar surface area (TPSA) is 48.5 Å². The second kappa shape index (κ2) is 7.83. The second-order valence-electron chi connectivity index (χ2n) is 8.15. The molecular formula is C22H23F2N5S. The van der Waals surface area contributed by atoms with Crippen molar-refractivity contribution in [1.29, 1.82) is 0 Å². The van der Waals surface area contributed by atoms with Gasteiger partial charge in [-0.25, -0.2) is 4.98 Å². The smallest absolute Gasteiger partial charge is 0.305 e. The van der Waals surface area contributed by atoms with Crippen LogP contribution in [0.2, 0.25) is 0 Å². The Bertz CT molecular complexity index is 1170. The van der Waals surface area contributed by atoms with Gasteiger partial charge < -0.3 is 4.57 Å². The van der Waals surface area contributed by atoms with Crippen LogP contribution >= 0.6 is 11.8 Å². The van der Waals surface area contributed by atoms with Gasteiger partial charge in [-0.1, -0.05) is 68.9 Å². The highest BCUT2D eigenvalue weighted by molar-refractivity contribution is 7.98. The van der Waals surface area contributed by atoms with Crippen molar-refractivity contribution >= 4 is 22.8 Å². The zero-order valence-corrected chi connectivity index (χ0v) is 18.1. The molecule has 0 bridgehead atoms. The first kappa shape index (κ1) is 20.5. The molecule has 5 nitrogen and oxygen atoms in total. The molecule has 0 saturated heterocycles. The van der Waals surface area contributed by atoms with Gasteiger partial charge >= 0.3 is 6.55 Å². The number of fused-ring (bicyclic) bond motifs is 1. The van der Waals surface area contributed by atoms with Gasteiger partial charge in [0.05, 0.1) is 16.8 Å². The molecule has 30 heavy (non-hydrogen) atoms. The number of rotatable bonds is 5. The number of thioether (sulfide) groups is 1. The largest absolute Gasteiger partial charge is 0.320 e. The molecule has 156 valence electrons. The average molecular weight is 428 g/mol. The third-order valence-corrected chi connectivity index (χ3v) is 6.05. The molecule has 0 saturated carbocycles. The normalized spacial score (nSPS) is 12.2. The molecule has 0 N–H and O–H groups in total. The minimum atomic E-state index is -2.65. The molecule has 0 unspecified atom stereocenters. The van der Waals surface area contributed by atoms with Crippen LogP contribution in [0.15, 0.2) is 53.7 Å². The predicted molar refractivity (Wildman–Crippen MR) is 116 cm³/mol. The molecular weight excluding hydrogens is 404 g/mol. The zero-order chi connectivity index (χ0) is 21.5. The summed E-state index contributed by atoms with van der Waals surface area (Å²) in [6.45, 7) is 3.87. The molecule has 8 heteroatoms. The summed E-state index contributed by atoms with van der Waals surface area (Å²) in [5.74, 6) is 1.32. The Morgan fingerprint density at radius 3 is 2.37 bits per heavy atom. The van der Waals surface area contributed by atoms with E-state index in [0.29, 0.717) is 22.0 Å². The van der Waals surface area contributed by atoms with Crippen LogP contribution in [0.4, 0.5) is 8.78 Å². The Kier molecular flexibility index (Phi) is 5.36. The quantitative estimate of drug-likeness (QED) is 0.377. The lowest BCUT2D eigenvalue weighted by molar-refractivity contribution is 0.0722. The molecule has 0 aliphatic rings. The fraction of sp³-hybridized carbons (Fsp3) is 0.318. The fourth-order valence-corrected chi connectivity index (χ4v) is 4.19. The monoisotopic (exact) mass is 427 g/mol. The number of aromatic nitrogens is 5.